The second kappa shape index (κ2) is 5.57. The Morgan fingerprint density at radius 2 is 2.06 bits per heavy atom. The van der Waals surface area contributed by atoms with Gasteiger partial charge in [-0.05, 0) is 43.5 Å². The molecular formula is C14H28O2Si. The molecule has 1 aliphatic heterocycles. The van der Waals surface area contributed by atoms with Gasteiger partial charge in [-0.3, -0.25) is 0 Å². The molecule has 0 saturated heterocycles. The Morgan fingerprint density at radius 1 is 1.41 bits per heavy atom. The molecule has 3 heteroatoms. The minimum absolute atomic E-state index is 0.249. The standard InChI is InChI=1S/C14H28O2Si/c1-7-12(13-10-8-9-11-15-13)16-17(5,6)14(2,3)4/h9,11-13H,7-8,10H2,1-6H3. The molecule has 0 fully saturated rings. The fourth-order valence-corrected chi connectivity index (χ4v) is 3.23. The highest BCUT2D eigenvalue weighted by atomic mass is 28.4. The molecule has 0 aliphatic carbocycles. The molecule has 0 bridgehead atoms. The van der Waals surface area contributed by atoms with E-state index in [1.165, 1.54) is 0 Å². The van der Waals surface area contributed by atoms with Crippen molar-refractivity contribution in [1.29, 1.82) is 0 Å². The molecule has 1 aliphatic rings. The first kappa shape index (κ1) is 14.8. The van der Waals surface area contributed by atoms with Crippen LogP contribution in [0.1, 0.15) is 47.0 Å². The van der Waals surface area contributed by atoms with Gasteiger partial charge in [0.05, 0.1) is 12.4 Å². The Labute approximate surface area is 108 Å². The predicted octanol–water partition coefficient (Wildman–Crippen LogP) is 4.48. The van der Waals surface area contributed by atoms with E-state index in [4.69, 9.17) is 9.16 Å². The van der Waals surface area contributed by atoms with E-state index >= 15 is 0 Å². The fraction of sp³-hybridized carbons (Fsp3) is 0.857. The summed E-state index contributed by atoms with van der Waals surface area (Å²) in [7, 11) is -1.68. The average Bonchev–Trinajstić information content (AvgIpc) is 2.25. The Hall–Kier alpha value is -0.283. The van der Waals surface area contributed by atoms with Crippen LogP contribution in [-0.2, 0) is 9.16 Å². The van der Waals surface area contributed by atoms with E-state index in [0.29, 0.717) is 0 Å². The summed E-state index contributed by atoms with van der Waals surface area (Å²) in [5.41, 5.74) is 0. The maximum Gasteiger partial charge on any atom is 0.192 e. The van der Waals surface area contributed by atoms with Crippen molar-refractivity contribution in [3.63, 3.8) is 0 Å². The number of hydrogen-bond donors (Lipinski definition) is 0. The third-order valence-electron chi connectivity index (χ3n) is 4.04. The first-order valence-corrected chi connectivity index (χ1v) is 9.67. The summed E-state index contributed by atoms with van der Waals surface area (Å²) in [5.74, 6) is 0. The van der Waals surface area contributed by atoms with Crippen LogP contribution in [0, 0.1) is 0 Å². The molecular weight excluding hydrogens is 228 g/mol. The SMILES string of the molecule is CCC(O[Si](C)(C)C(C)(C)C)C1CCC=CO1. The van der Waals surface area contributed by atoms with Gasteiger partial charge in [-0.25, -0.2) is 0 Å². The minimum Gasteiger partial charge on any atom is -0.496 e. The maximum atomic E-state index is 6.47. The van der Waals surface area contributed by atoms with Gasteiger partial charge in [-0.1, -0.05) is 27.7 Å². The van der Waals surface area contributed by atoms with E-state index < -0.39 is 8.32 Å². The number of allylic oxidation sites excluding steroid dienone is 1. The summed E-state index contributed by atoms with van der Waals surface area (Å²) < 4.78 is 12.2. The fourth-order valence-electron chi connectivity index (χ4n) is 1.80. The lowest BCUT2D eigenvalue weighted by atomic mass is 10.1. The van der Waals surface area contributed by atoms with Crippen LogP contribution < -0.4 is 0 Å². The van der Waals surface area contributed by atoms with Crippen molar-refractivity contribution in [2.45, 2.75) is 77.3 Å². The van der Waals surface area contributed by atoms with Crippen molar-refractivity contribution >= 4 is 8.32 Å². The molecule has 0 aromatic rings. The van der Waals surface area contributed by atoms with E-state index in [1.54, 1.807) is 0 Å². The second-order valence-corrected chi connectivity index (χ2v) is 11.2. The zero-order valence-corrected chi connectivity index (χ0v) is 13.2. The molecule has 100 valence electrons. The Balaban J connectivity index is 2.66. The molecule has 0 amide bonds. The Bertz CT molecular complexity index is 266. The lowest BCUT2D eigenvalue weighted by Crippen LogP contribution is -2.47. The Morgan fingerprint density at radius 3 is 2.47 bits per heavy atom. The van der Waals surface area contributed by atoms with E-state index in [1.807, 2.05) is 6.26 Å². The van der Waals surface area contributed by atoms with Gasteiger partial charge in [0.25, 0.3) is 0 Å². The molecule has 0 saturated carbocycles. The van der Waals surface area contributed by atoms with Crippen LogP contribution in [0.2, 0.25) is 18.1 Å². The van der Waals surface area contributed by atoms with Gasteiger partial charge in [0, 0.05) is 0 Å². The van der Waals surface area contributed by atoms with Gasteiger partial charge in [0.1, 0.15) is 6.10 Å². The van der Waals surface area contributed by atoms with E-state index in [9.17, 15) is 0 Å². The first-order valence-electron chi connectivity index (χ1n) is 6.76. The summed E-state index contributed by atoms with van der Waals surface area (Å²) in [5, 5.41) is 0.269. The van der Waals surface area contributed by atoms with Crippen molar-refractivity contribution in [2.24, 2.45) is 0 Å². The van der Waals surface area contributed by atoms with Crippen LogP contribution in [0.4, 0.5) is 0 Å². The topological polar surface area (TPSA) is 18.5 Å². The monoisotopic (exact) mass is 256 g/mol. The zero-order valence-electron chi connectivity index (χ0n) is 12.2. The summed E-state index contributed by atoms with van der Waals surface area (Å²) in [6.07, 6.45) is 7.66. The third-order valence-corrected chi connectivity index (χ3v) is 8.54. The lowest BCUT2D eigenvalue weighted by Gasteiger charge is -2.41. The lowest BCUT2D eigenvalue weighted by molar-refractivity contribution is 0.00390. The van der Waals surface area contributed by atoms with Crippen LogP contribution in [0.5, 0.6) is 0 Å². The third kappa shape index (κ3) is 3.85. The number of rotatable bonds is 4. The van der Waals surface area contributed by atoms with Crippen LogP contribution in [0.3, 0.4) is 0 Å². The van der Waals surface area contributed by atoms with Gasteiger partial charge in [0.15, 0.2) is 8.32 Å². The van der Waals surface area contributed by atoms with Crippen LogP contribution in [0.15, 0.2) is 12.3 Å². The van der Waals surface area contributed by atoms with Crippen LogP contribution >= 0.6 is 0 Å². The van der Waals surface area contributed by atoms with Crippen LogP contribution in [-0.4, -0.2) is 20.5 Å². The molecule has 2 nitrogen and oxygen atoms in total. The summed E-state index contributed by atoms with van der Waals surface area (Å²) >= 11 is 0. The molecule has 1 rings (SSSR count). The molecule has 0 aromatic heterocycles. The first-order chi connectivity index (χ1) is 7.78. The van der Waals surface area contributed by atoms with Crippen LogP contribution in [0.25, 0.3) is 0 Å². The van der Waals surface area contributed by atoms with Crippen molar-refractivity contribution in [3.05, 3.63) is 12.3 Å². The van der Waals surface area contributed by atoms with E-state index in [0.717, 1.165) is 19.3 Å². The van der Waals surface area contributed by atoms with Crippen molar-refractivity contribution in [1.82, 2.24) is 0 Å². The average molecular weight is 256 g/mol. The molecule has 2 atom stereocenters. The van der Waals surface area contributed by atoms with E-state index in [2.05, 4.69) is 46.9 Å². The second-order valence-electron chi connectivity index (χ2n) is 6.45. The molecule has 0 spiro atoms. The maximum absolute atomic E-state index is 6.47. The minimum atomic E-state index is -1.68. The van der Waals surface area contributed by atoms with Gasteiger partial charge in [0.2, 0.25) is 0 Å². The molecule has 0 radical (unpaired) electrons. The quantitative estimate of drug-likeness (QED) is 0.690. The normalized spacial score (nSPS) is 23.3. The Kier molecular flexibility index (Phi) is 4.84. The highest BCUT2D eigenvalue weighted by molar-refractivity contribution is 6.74. The predicted molar refractivity (Wildman–Crippen MR) is 75.6 cm³/mol. The molecule has 17 heavy (non-hydrogen) atoms. The highest BCUT2D eigenvalue weighted by Gasteiger charge is 2.40. The largest absolute Gasteiger partial charge is 0.496 e. The van der Waals surface area contributed by atoms with Gasteiger partial charge >= 0.3 is 0 Å². The number of hydrogen-bond acceptors (Lipinski definition) is 2. The van der Waals surface area contributed by atoms with Crippen molar-refractivity contribution in [3.8, 4) is 0 Å². The molecule has 0 N–H and O–H groups in total. The summed E-state index contributed by atoms with van der Waals surface area (Å²) in [4.78, 5) is 0. The summed E-state index contributed by atoms with van der Waals surface area (Å²) in [6, 6.07) is 0. The van der Waals surface area contributed by atoms with Crippen molar-refractivity contribution in [2.75, 3.05) is 0 Å². The van der Waals surface area contributed by atoms with Gasteiger partial charge in [-0.15, -0.1) is 0 Å². The molecule has 0 aromatic carbocycles. The van der Waals surface area contributed by atoms with Gasteiger partial charge < -0.3 is 9.16 Å². The molecule has 1 heterocycles. The summed E-state index contributed by atoms with van der Waals surface area (Å²) in [6.45, 7) is 13.7. The highest BCUT2D eigenvalue weighted by Crippen LogP contribution is 2.38. The molecule has 2 unspecified atom stereocenters. The zero-order chi connectivity index (χ0) is 13.1. The van der Waals surface area contributed by atoms with Crippen molar-refractivity contribution < 1.29 is 9.16 Å². The smallest absolute Gasteiger partial charge is 0.192 e. The van der Waals surface area contributed by atoms with E-state index in [-0.39, 0.29) is 17.2 Å². The number of ether oxygens (including phenoxy) is 1. The van der Waals surface area contributed by atoms with Gasteiger partial charge in [-0.2, -0.15) is 0 Å².